The summed E-state index contributed by atoms with van der Waals surface area (Å²) in [4.78, 5) is 22.9. The average molecular weight is 322 g/mol. The van der Waals surface area contributed by atoms with Crippen LogP contribution < -0.4 is 15.4 Å². The van der Waals surface area contributed by atoms with Gasteiger partial charge in [-0.05, 0) is 25.5 Å². The van der Waals surface area contributed by atoms with E-state index in [-0.39, 0.29) is 12.3 Å². The zero-order chi connectivity index (χ0) is 16.8. The molecule has 1 aliphatic heterocycles. The number of imide groups is 1. The second-order valence-corrected chi connectivity index (χ2v) is 4.98. The minimum atomic E-state index is -0.606. The van der Waals surface area contributed by atoms with E-state index in [9.17, 15) is 14.0 Å². The van der Waals surface area contributed by atoms with Gasteiger partial charge in [0.2, 0.25) is 11.8 Å². The molecule has 6 nitrogen and oxygen atoms in total. The smallest absolute Gasteiger partial charge is 0.249 e. The number of piperidine rings is 1. The molecule has 7 heteroatoms. The summed E-state index contributed by atoms with van der Waals surface area (Å²) in [6.45, 7) is 2.32. The van der Waals surface area contributed by atoms with Gasteiger partial charge in [0.1, 0.15) is 17.6 Å². The van der Waals surface area contributed by atoms with E-state index in [0.29, 0.717) is 30.0 Å². The molecule has 1 aromatic rings. The van der Waals surface area contributed by atoms with E-state index in [1.807, 2.05) is 6.92 Å². The van der Waals surface area contributed by atoms with Gasteiger partial charge in [-0.3, -0.25) is 14.9 Å². The van der Waals surface area contributed by atoms with Crippen molar-refractivity contribution in [2.45, 2.75) is 25.8 Å². The van der Waals surface area contributed by atoms with Crippen LogP contribution in [0.1, 0.15) is 25.3 Å². The van der Waals surface area contributed by atoms with E-state index >= 15 is 0 Å². The minimum Gasteiger partial charge on any atom is -0.501 e. The number of benzene rings is 1. The van der Waals surface area contributed by atoms with Gasteiger partial charge in [-0.25, -0.2) is 4.39 Å². The van der Waals surface area contributed by atoms with Crippen LogP contribution in [0, 0.1) is 5.82 Å². The maximum Gasteiger partial charge on any atom is 0.249 e. The molecule has 23 heavy (non-hydrogen) atoms. The summed E-state index contributed by atoms with van der Waals surface area (Å²) in [5, 5.41) is 5.17. The monoisotopic (exact) mass is 322 g/mol. The number of halogens is 1. The van der Waals surface area contributed by atoms with Crippen molar-refractivity contribution in [3.63, 3.8) is 0 Å². The van der Waals surface area contributed by atoms with Crippen LogP contribution >= 0.6 is 0 Å². The normalized spacial score (nSPS) is 18.0. The largest absolute Gasteiger partial charge is 0.501 e. The first kappa shape index (κ1) is 16.8. The Balaban J connectivity index is 2.20. The van der Waals surface area contributed by atoms with E-state index in [0.717, 1.165) is 0 Å². The van der Waals surface area contributed by atoms with Crippen molar-refractivity contribution >= 4 is 23.6 Å². The third kappa shape index (κ3) is 4.21. The Morgan fingerprint density at radius 3 is 2.87 bits per heavy atom. The Labute approximate surface area is 133 Å². The van der Waals surface area contributed by atoms with E-state index in [1.54, 1.807) is 0 Å². The summed E-state index contributed by atoms with van der Waals surface area (Å²) in [7, 11) is 1.46. The molecule has 0 aliphatic carbocycles. The van der Waals surface area contributed by atoms with Crippen LogP contribution in [0.5, 0.6) is 5.75 Å². The van der Waals surface area contributed by atoms with E-state index in [1.165, 1.54) is 31.6 Å². The van der Waals surface area contributed by atoms with Crippen LogP contribution in [0.15, 0.2) is 18.4 Å². The summed E-state index contributed by atoms with van der Waals surface area (Å²) >= 11 is 0. The first-order valence-electron chi connectivity index (χ1n) is 7.31. The predicted octanol–water partition coefficient (Wildman–Crippen LogP) is 2.06. The number of carbonyl (C=O) groups excluding carboxylic acids is 2. The zero-order valence-corrected chi connectivity index (χ0v) is 13.0. The molecule has 0 aromatic heterocycles. The Hall–Kier alpha value is -2.57. The van der Waals surface area contributed by atoms with Gasteiger partial charge in [0.25, 0.3) is 0 Å². The van der Waals surface area contributed by atoms with E-state index in [2.05, 4.69) is 10.6 Å². The summed E-state index contributed by atoms with van der Waals surface area (Å²) in [5.41, 5.74) is 0.664. The maximum atomic E-state index is 14.2. The van der Waals surface area contributed by atoms with Crippen LogP contribution in [0.25, 0.3) is 6.08 Å². The molecule has 1 heterocycles. The number of methoxy groups -OCH3 is 1. The van der Waals surface area contributed by atoms with Crippen molar-refractivity contribution in [2.24, 2.45) is 0 Å². The third-order valence-electron chi connectivity index (χ3n) is 3.40. The van der Waals surface area contributed by atoms with Gasteiger partial charge >= 0.3 is 0 Å². The number of amides is 2. The number of carbonyl (C=O) groups is 2. The van der Waals surface area contributed by atoms with Crippen molar-refractivity contribution in [1.82, 2.24) is 5.32 Å². The quantitative estimate of drug-likeness (QED) is 0.619. The molecule has 124 valence electrons. The summed E-state index contributed by atoms with van der Waals surface area (Å²) in [6.07, 6.45) is 3.49. The minimum absolute atomic E-state index is 0.239. The molecular weight excluding hydrogens is 303 g/mol. The fourth-order valence-electron chi connectivity index (χ4n) is 2.22. The molecule has 1 aromatic carbocycles. The standard InChI is InChI=1S/C16H19FN2O4/c1-3-23-7-6-10-8-14(22-2)13(9-11(10)17)18-12-4-5-15(20)19-16(12)21/h6-9,12,18H,3-5H2,1-2H3,(H,19,20,21)/b7-6+. The molecule has 2 N–H and O–H groups in total. The van der Waals surface area contributed by atoms with Crippen LogP contribution in [-0.4, -0.2) is 31.6 Å². The van der Waals surface area contributed by atoms with Crippen molar-refractivity contribution in [2.75, 3.05) is 19.0 Å². The number of ether oxygens (including phenoxy) is 2. The zero-order valence-electron chi connectivity index (χ0n) is 13.0. The number of nitrogens with one attached hydrogen (secondary N) is 2. The highest BCUT2D eigenvalue weighted by atomic mass is 19.1. The first-order valence-corrected chi connectivity index (χ1v) is 7.31. The number of rotatable bonds is 6. The van der Waals surface area contributed by atoms with Crippen molar-refractivity contribution in [3.8, 4) is 5.75 Å². The molecule has 0 spiro atoms. The van der Waals surface area contributed by atoms with Gasteiger partial charge in [0, 0.05) is 18.1 Å². The molecule has 0 saturated carbocycles. The highest BCUT2D eigenvalue weighted by molar-refractivity contribution is 6.01. The lowest BCUT2D eigenvalue weighted by molar-refractivity contribution is -0.133. The highest BCUT2D eigenvalue weighted by Gasteiger charge is 2.27. The molecule has 2 rings (SSSR count). The third-order valence-corrected chi connectivity index (χ3v) is 3.40. The second kappa shape index (κ2) is 7.62. The molecule has 2 amide bonds. The van der Waals surface area contributed by atoms with Gasteiger partial charge < -0.3 is 14.8 Å². The van der Waals surface area contributed by atoms with Gasteiger partial charge in [0.15, 0.2) is 0 Å². The van der Waals surface area contributed by atoms with Crippen LogP contribution in [0.3, 0.4) is 0 Å². The van der Waals surface area contributed by atoms with Gasteiger partial charge in [0.05, 0.1) is 25.7 Å². The lowest BCUT2D eigenvalue weighted by Gasteiger charge is -2.24. The lowest BCUT2D eigenvalue weighted by Crippen LogP contribution is -2.47. The predicted molar refractivity (Wildman–Crippen MR) is 83.4 cm³/mol. The maximum absolute atomic E-state index is 14.2. The van der Waals surface area contributed by atoms with Crippen LogP contribution in [0.2, 0.25) is 0 Å². The fourth-order valence-corrected chi connectivity index (χ4v) is 2.22. The van der Waals surface area contributed by atoms with E-state index in [4.69, 9.17) is 9.47 Å². The molecule has 1 fully saturated rings. The molecule has 1 unspecified atom stereocenters. The van der Waals surface area contributed by atoms with E-state index < -0.39 is 17.8 Å². The molecule has 0 bridgehead atoms. The number of hydrogen-bond acceptors (Lipinski definition) is 5. The number of hydrogen-bond donors (Lipinski definition) is 2. The van der Waals surface area contributed by atoms with Crippen molar-refractivity contribution < 1.29 is 23.5 Å². The van der Waals surface area contributed by atoms with Crippen molar-refractivity contribution in [3.05, 3.63) is 29.8 Å². The Morgan fingerprint density at radius 1 is 1.43 bits per heavy atom. The summed E-state index contributed by atoms with van der Waals surface area (Å²) in [6, 6.07) is 2.17. The Kier molecular flexibility index (Phi) is 5.56. The molecular formula is C16H19FN2O4. The Morgan fingerprint density at radius 2 is 2.22 bits per heavy atom. The van der Waals surface area contributed by atoms with Gasteiger partial charge in [-0.2, -0.15) is 0 Å². The molecule has 1 aliphatic rings. The van der Waals surface area contributed by atoms with Crippen LogP contribution in [0.4, 0.5) is 10.1 Å². The lowest BCUT2D eigenvalue weighted by atomic mass is 10.1. The fraction of sp³-hybridized carbons (Fsp3) is 0.375. The first-order chi connectivity index (χ1) is 11.0. The molecule has 1 atom stereocenters. The summed E-state index contributed by atoms with van der Waals surface area (Å²) < 4.78 is 24.4. The van der Waals surface area contributed by atoms with Crippen LogP contribution in [-0.2, 0) is 14.3 Å². The van der Waals surface area contributed by atoms with Gasteiger partial charge in [-0.1, -0.05) is 0 Å². The highest BCUT2D eigenvalue weighted by Crippen LogP contribution is 2.30. The second-order valence-electron chi connectivity index (χ2n) is 4.98. The van der Waals surface area contributed by atoms with Gasteiger partial charge in [-0.15, -0.1) is 0 Å². The van der Waals surface area contributed by atoms with Crippen molar-refractivity contribution in [1.29, 1.82) is 0 Å². The summed E-state index contributed by atoms with van der Waals surface area (Å²) in [5.74, 6) is -0.810. The average Bonchev–Trinajstić information content (AvgIpc) is 2.52. The number of anilines is 1. The molecule has 1 saturated heterocycles. The topological polar surface area (TPSA) is 76.7 Å². The Bertz CT molecular complexity index is 631. The SMILES string of the molecule is CCO/C=C/c1cc(OC)c(NC2CCC(=O)NC2=O)cc1F. The molecule has 0 radical (unpaired) electrons.